The summed E-state index contributed by atoms with van der Waals surface area (Å²) in [5.74, 6) is 0.0204. The number of Topliss-reactive ketones (excluding diaryl/α,β-unsaturated/α-hetero) is 1. The zero-order chi connectivity index (χ0) is 16.1. The lowest BCUT2D eigenvalue weighted by molar-refractivity contribution is 0.0893. The van der Waals surface area contributed by atoms with Gasteiger partial charge in [-0.05, 0) is 69.2 Å². The smallest absolute Gasteiger partial charge is 0.166 e. The Kier molecular flexibility index (Phi) is 3.92. The quantitative estimate of drug-likeness (QED) is 0.783. The fourth-order valence-electron chi connectivity index (χ4n) is 4.07. The summed E-state index contributed by atoms with van der Waals surface area (Å²) >= 11 is 0. The summed E-state index contributed by atoms with van der Waals surface area (Å²) in [6.07, 6.45) is 3.48. The molecular weight excluding hydrogens is 296 g/mol. The highest BCUT2D eigenvalue weighted by Crippen LogP contribution is 2.40. The van der Waals surface area contributed by atoms with E-state index in [2.05, 4.69) is 6.07 Å². The molecule has 4 heteroatoms. The van der Waals surface area contributed by atoms with Crippen LogP contribution in [0.3, 0.4) is 0 Å². The van der Waals surface area contributed by atoms with Gasteiger partial charge in [0.15, 0.2) is 15.6 Å². The fraction of sp³-hybridized carbons (Fsp3) is 0.611. The summed E-state index contributed by atoms with van der Waals surface area (Å²) in [6, 6.07) is 4.04. The van der Waals surface area contributed by atoms with Crippen molar-refractivity contribution in [1.82, 2.24) is 0 Å². The number of benzene rings is 1. The first-order chi connectivity index (χ1) is 10.3. The van der Waals surface area contributed by atoms with Crippen LogP contribution in [0, 0.1) is 26.7 Å². The average Bonchev–Trinajstić information content (AvgIpc) is 2.41. The van der Waals surface area contributed by atoms with Crippen molar-refractivity contribution in [3.63, 3.8) is 0 Å². The molecule has 2 unspecified atom stereocenters. The molecule has 2 aliphatic rings. The van der Waals surface area contributed by atoms with Gasteiger partial charge in [0.1, 0.15) is 0 Å². The lowest BCUT2D eigenvalue weighted by atomic mass is 9.83. The molecule has 0 amide bonds. The van der Waals surface area contributed by atoms with Crippen LogP contribution in [0.5, 0.6) is 0 Å². The van der Waals surface area contributed by atoms with Gasteiger partial charge in [-0.25, -0.2) is 8.42 Å². The van der Waals surface area contributed by atoms with Gasteiger partial charge in [-0.3, -0.25) is 4.79 Å². The number of aryl methyl sites for hydroxylation is 3. The van der Waals surface area contributed by atoms with Gasteiger partial charge in [0.2, 0.25) is 0 Å². The molecule has 2 aliphatic heterocycles. The molecule has 2 bridgehead atoms. The van der Waals surface area contributed by atoms with E-state index in [-0.39, 0.29) is 22.2 Å². The first-order valence-electron chi connectivity index (χ1n) is 8.15. The third kappa shape index (κ3) is 2.51. The first kappa shape index (κ1) is 15.7. The van der Waals surface area contributed by atoms with Gasteiger partial charge in [0.05, 0.1) is 10.5 Å². The van der Waals surface area contributed by atoms with E-state index in [4.69, 9.17) is 0 Å². The normalized spacial score (nSPS) is 30.0. The molecule has 2 fully saturated rings. The molecule has 0 spiro atoms. The Morgan fingerprint density at radius 2 is 1.50 bits per heavy atom. The van der Waals surface area contributed by atoms with Crippen LogP contribution in [-0.4, -0.2) is 24.7 Å². The van der Waals surface area contributed by atoms with Crippen LogP contribution in [0.1, 0.15) is 59.2 Å². The molecule has 0 aliphatic carbocycles. The van der Waals surface area contributed by atoms with E-state index in [1.807, 2.05) is 26.8 Å². The summed E-state index contributed by atoms with van der Waals surface area (Å²) in [6.45, 7) is 6.04. The molecule has 0 radical (unpaired) electrons. The van der Waals surface area contributed by atoms with Crippen molar-refractivity contribution in [3.05, 3.63) is 34.4 Å². The van der Waals surface area contributed by atoms with Crippen LogP contribution in [0.2, 0.25) is 0 Å². The van der Waals surface area contributed by atoms with E-state index >= 15 is 0 Å². The van der Waals surface area contributed by atoms with Crippen LogP contribution in [0.25, 0.3) is 0 Å². The summed E-state index contributed by atoms with van der Waals surface area (Å²) in [5.41, 5.74) is 4.10. The van der Waals surface area contributed by atoms with Gasteiger partial charge in [-0.1, -0.05) is 12.5 Å². The Labute approximate surface area is 133 Å². The number of hydrogen-bond acceptors (Lipinski definition) is 3. The highest BCUT2D eigenvalue weighted by molar-refractivity contribution is 7.92. The first-order valence-corrected chi connectivity index (χ1v) is 9.76. The van der Waals surface area contributed by atoms with Gasteiger partial charge in [-0.2, -0.15) is 0 Å². The number of rotatable bonds is 2. The van der Waals surface area contributed by atoms with Gasteiger partial charge >= 0.3 is 0 Å². The number of ketones is 1. The molecule has 120 valence electrons. The zero-order valence-electron chi connectivity index (χ0n) is 13.6. The number of hydrogen-bond donors (Lipinski definition) is 0. The van der Waals surface area contributed by atoms with Crippen molar-refractivity contribution >= 4 is 15.6 Å². The van der Waals surface area contributed by atoms with Gasteiger partial charge in [-0.15, -0.1) is 0 Å². The maximum absolute atomic E-state index is 12.9. The summed E-state index contributed by atoms with van der Waals surface area (Å²) in [7, 11) is -2.99. The molecule has 2 heterocycles. The second-order valence-electron chi connectivity index (χ2n) is 7.05. The molecule has 0 saturated carbocycles. The standard InChI is InChI=1S/C18H24O3S/c1-11-7-13(3)17(8-12(11)2)18(19)14-9-15-5-4-6-16(10-14)22(15,20)21/h7-8,14-16H,4-6,9-10H2,1-3H3. The van der Waals surface area contributed by atoms with E-state index in [1.54, 1.807) is 0 Å². The largest absolute Gasteiger partial charge is 0.294 e. The topological polar surface area (TPSA) is 51.2 Å². The third-order valence-corrected chi connectivity index (χ3v) is 8.27. The molecule has 3 nitrogen and oxygen atoms in total. The molecule has 3 rings (SSSR count). The van der Waals surface area contributed by atoms with E-state index in [0.717, 1.165) is 36.0 Å². The number of fused-ring (bicyclic) bond motifs is 2. The number of carbonyl (C=O) groups is 1. The van der Waals surface area contributed by atoms with Crippen molar-refractivity contribution < 1.29 is 13.2 Å². The van der Waals surface area contributed by atoms with Gasteiger partial charge in [0.25, 0.3) is 0 Å². The van der Waals surface area contributed by atoms with Crippen LogP contribution >= 0.6 is 0 Å². The predicted octanol–water partition coefficient (Wildman–Crippen LogP) is 3.54. The average molecular weight is 320 g/mol. The zero-order valence-corrected chi connectivity index (χ0v) is 14.4. The molecule has 2 saturated heterocycles. The Morgan fingerprint density at radius 1 is 0.955 bits per heavy atom. The molecule has 2 atom stereocenters. The molecule has 0 aromatic heterocycles. The molecule has 22 heavy (non-hydrogen) atoms. The Hall–Kier alpha value is -1.16. The highest BCUT2D eigenvalue weighted by Gasteiger charge is 2.46. The Morgan fingerprint density at radius 3 is 2.09 bits per heavy atom. The summed E-state index contributed by atoms with van der Waals surface area (Å²) in [5, 5.41) is -0.582. The summed E-state index contributed by atoms with van der Waals surface area (Å²) in [4.78, 5) is 12.9. The number of sulfone groups is 1. The van der Waals surface area contributed by atoms with E-state index in [9.17, 15) is 13.2 Å². The van der Waals surface area contributed by atoms with E-state index < -0.39 is 9.84 Å². The van der Waals surface area contributed by atoms with Crippen LogP contribution < -0.4 is 0 Å². The van der Waals surface area contributed by atoms with Crippen molar-refractivity contribution in [2.75, 3.05) is 0 Å². The minimum Gasteiger partial charge on any atom is -0.294 e. The minimum absolute atomic E-state index is 0.125. The van der Waals surface area contributed by atoms with E-state index in [1.165, 1.54) is 5.56 Å². The Bertz CT molecular complexity index is 698. The van der Waals surface area contributed by atoms with Crippen molar-refractivity contribution in [3.8, 4) is 0 Å². The maximum Gasteiger partial charge on any atom is 0.166 e. The van der Waals surface area contributed by atoms with Crippen molar-refractivity contribution in [2.45, 2.75) is 63.4 Å². The number of carbonyl (C=O) groups excluding carboxylic acids is 1. The lowest BCUT2D eigenvalue weighted by Gasteiger charge is -2.38. The molecule has 0 N–H and O–H groups in total. The molecule has 1 aromatic carbocycles. The second-order valence-corrected chi connectivity index (χ2v) is 9.56. The fourth-order valence-corrected chi connectivity index (χ4v) is 6.60. The van der Waals surface area contributed by atoms with Crippen molar-refractivity contribution in [2.24, 2.45) is 5.92 Å². The van der Waals surface area contributed by atoms with Gasteiger partial charge < -0.3 is 0 Å². The molecule has 1 aromatic rings. The third-order valence-electron chi connectivity index (χ3n) is 5.55. The van der Waals surface area contributed by atoms with Crippen LogP contribution in [-0.2, 0) is 9.84 Å². The van der Waals surface area contributed by atoms with E-state index in [0.29, 0.717) is 12.8 Å². The van der Waals surface area contributed by atoms with Crippen LogP contribution in [0.15, 0.2) is 12.1 Å². The lowest BCUT2D eigenvalue weighted by Crippen LogP contribution is -2.45. The highest BCUT2D eigenvalue weighted by atomic mass is 32.2. The SMILES string of the molecule is Cc1cc(C)c(C(=O)C2CC3CCCC(C2)S3(=O)=O)cc1C. The minimum atomic E-state index is -2.99. The van der Waals surface area contributed by atoms with Gasteiger partial charge in [0, 0.05) is 11.5 Å². The Balaban J connectivity index is 1.90. The molecular formula is C18H24O3S. The monoisotopic (exact) mass is 320 g/mol. The maximum atomic E-state index is 12.9. The second kappa shape index (κ2) is 5.48. The summed E-state index contributed by atoms with van der Waals surface area (Å²) < 4.78 is 24.7. The van der Waals surface area contributed by atoms with Crippen molar-refractivity contribution in [1.29, 1.82) is 0 Å². The predicted molar refractivity (Wildman–Crippen MR) is 88.1 cm³/mol. The van der Waals surface area contributed by atoms with Crippen LogP contribution in [0.4, 0.5) is 0 Å².